The first-order valence-electron chi connectivity index (χ1n) is 6.22. The Morgan fingerprint density at radius 3 is 3.00 bits per heavy atom. The van der Waals surface area contributed by atoms with Crippen molar-refractivity contribution in [2.24, 2.45) is 0 Å². The lowest BCUT2D eigenvalue weighted by molar-refractivity contribution is 0.0812. The third-order valence-electron chi connectivity index (χ3n) is 3.35. The summed E-state index contributed by atoms with van der Waals surface area (Å²) < 4.78 is 18.6. The number of aliphatic hydroxyl groups excluding tert-OH is 1. The van der Waals surface area contributed by atoms with Gasteiger partial charge in [0.05, 0.1) is 12.2 Å². The molecular weight excluding hydrogens is 219 g/mol. The molecule has 17 heavy (non-hydrogen) atoms. The Labute approximate surface area is 101 Å². The molecule has 94 valence electrons. The van der Waals surface area contributed by atoms with Crippen molar-refractivity contribution in [2.45, 2.75) is 44.8 Å². The smallest absolute Gasteiger partial charge is 0.126 e. The van der Waals surface area contributed by atoms with Crippen LogP contribution in [0.5, 0.6) is 0 Å². The number of hydrogen-bond donors (Lipinski definition) is 1. The summed E-state index contributed by atoms with van der Waals surface area (Å²) in [6, 6.07) is 4.79. The van der Waals surface area contributed by atoms with Gasteiger partial charge >= 0.3 is 0 Å². The number of hydrogen-bond acceptors (Lipinski definition) is 2. The van der Waals surface area contributed by atoms with E-state index in [0.29, 0.717) is 18.1 Å². The van der Waals surface area contributed by atoms with Crippen LogP contribution in [0.3, 0.4) is 0 Å². The standard InChI is InChI=1S/C14H19FO2/c1-10-9-11(4-6-13(10)15)14(16)7-5-12-3-2-8-17-12/h4,6,9,12,14,16H,2-3,5,7-8H2,1H3. The number of rotatable bonds is 4. The van der Waals surface area contributed by atoms with Gasteiger partial charge in [-0.1, -0.05) is 12.1 Å². The van der Waals surface area contributed by atoms with Gasteiger partial charge < -0.3 is 9.84 Å². The summed E-state index contributed by atoms with van der Waals surface area (Å²) >= 11 is 0. The lowest BCUT2D eigenvalue weighted by Gasteiger charge is -2.14. The predicted octanol–water partition coefficient (Wildman–Crippen LogP) is 3.13. The summed E-state index contributed by atoms with van der Waals surface area (Å²) in [4.78, 5) is 0. The van der Waals surface area contributed by atoms with Crippen LogP contribution in [0.1, 0.15) is 42.9 Å². The Hall–Kier alpha value is -0.930. The molecule has 1 aliphatic heterocycles. The van der Waals surface area contributed by atoms with E-state index >= 15 is 0 Å². The van der Waals surface area contributed by atoms with Crippen molar-refractivity contribution < 1.29 is 14.2 Å². The number of benzene rings is 1. The summed E-state index contributed by atoms with van der Waals surface area (Å²) in [5, 5.41) is 10.0. The first kappa shape index (κ1) is 12.5. The van der Waals surface area contributed by atoms with Gasteiger partial charge in [-0.2, -0.15) is 0 Å². The average Bonchev–Trinajstić information content (AvgIpc) is 2.82. The first-order valence-corrected chi connectivity index (χ1v) is 6.22. The normalized spacial score (nSPS) is 21.7. The van der Waals surface area contributed by atoms with Gasteiger partial charge in [0.25, 0.3) is 0 Å². The zero-order valence-corrected chi connectivity index (χ0v) is 10.2. The fourth-order valence-electron chi connectivity index (χ4n) is 2.26. The van der Waals surface area contributed by atoms with Crippen molar-refractivity contribution in [3.05, 3.63) is 35.1 Å². The zero-order chi connectivity index (χ0) is 12.3. The monoisotopic (exact) mass is 238 g/mol. The largest absolute Gasteiger partial charge is 0.388 e. The van der Waals surface area contributed by atoms with Crippen LogP contribution in [0.2, 0.25) is 0 Å². The Morgan fingerprint density at radius 1 is 1.53 bits per heavy atom. The summed E-state index contributed by atoms with van der Waals surface area (Å²) in [6.07, 6.45) is 3.54. The molecule has 0 saturated carbocycles. The van der Waals surface area contributed by atoms with Crippen molar-refractivity contribution >= 4 is 0 Å². The number of halogens is 1. The zero-order valence-electron chi connectivity index (χ0n) is 10.2. The van der Waals surface area contributed by atoms with E-state index in [1.165, 1.54) is 6.07 Å². The van der Waals surface area contributed by atoms with E-state index in [2.05, 4.69) is 0 Å². The molecule has 0 aliphatic carbocycles. The molecule has 0 spiro atoms. The van der Waals surface area contributed by atoms with Crippen LogP contribution in [0, 0.1) is 12.7 Å². The van der Waals surface area contributed by atoms with Crippen molar-refractivity contribution in [3.8, 4) is 0 Å². The van der Waals surface area contributed by atoms with Gasteiger partial charge in [0, 0.05) is 6.61 Å². The molecule has 1 heterocycles. The van der Waals surface area contributed by atoms with Gasteiger partial charge in [-0.15, -0.1) is 0 Å². The molecule has 1 aromatic carbocycles. The molecule has 0 bridgehead atoms. The summed E-state index contributed by atoms with van der Waals surface area (Å²) in [6.45, 7) is 2.56. The molecule has 0 aromatic heterocycles. The Morgan fingerprint density at radius 2 is 2.35 bits per heavy atom. The van der Waals surface area contributed by atoms with Crippen molar-refractivity contribution in [3.63, 3.8) is 0 Å². The number of aryl methyl sites for hydroxylation is 1. The third-order valence-corrected chi connectivity index (χ3v) is 3.35. The van der Waals surface area contributed by atoms with E-state index in [9.17, 15) is 9.50 Å². The van der Waals surface area contributed by atoms with Crippen LogP contribution in [-0.4, -0.2) is 17.8 Å². The molecular formula is C14H19FO2. The van der Waals surface area contributed by atoms with E-state index in [1.807, 2.05) is 0 Å². The minimum absolute atomic E-state index is 0.222. The van der Waals surface area contributed by atoms with Crippen LogP contribution in [-0.2, 0) is 4.74 Å². The molecule has 1 saturated heterocycles. The van der Waals surface area contributed by atoms with Gasteiger partial charge in [0.1, 0.15) is 5.82 Å². The molecule has 3 heteroatoms. The molecule has 2 unspecified atom stereocenters. The van der Waals surface area contributed by atoms with Gasteiger partial charge in [0.2, 0.25) is 0 Å². The molecule has 1 N–H and O–H groups in total. The molecule has 0 radical (unpaired) electrons. The molecule has 0 amide bonds. The van der Waals surface area contributed by atoms with E-state index in [4.69, 9.17) is 4.74 Å². The van der Waals surface area contributed by atoms with E-state index in [0.717, 1.165) is 31.4 Å². The Balaban J connectivity index is 1.89. The van der Waals surface area contributed by atoms with E-state index in [-0.39, 0.29) is 5.82 Å². The third kappa shape index (κ3) is 3.27. The topological polar surface area (TPSA) is 29.5 Å². The van der Waals surface area contributed by atoms with Crippen molar-refractivity contribution in [2.75, 3.05) is 6.61 Å². The number of ether oxygens (including phenoxy) is 1. The van der Waals surface area contributed by atoms with Crippen LogP contribution in [0.25, 0.3) is 0 Å². The SMILES string of the molecule is Cc1cc(C(O)CCC2CCCO2)ccc1F. The highest BCUT2D eigenvalue weighted by atomic mass is 19.1. The fraction of sp³-hybridized carbons (Fsp3) is 0.571. The lowest BCUT2D eigenvalue weighted by Crippen LogP contribution is -2.08. The minimum Gasteiger partial charge on any atom is -0.388 e. The van der Waals surface area contributed by atoms with Crippen LogP contribution >= 0.6 is 0 Å². The minimum atomic E-state index is -0.515. The highest BCUT2D eigenvalue weighted by Crippen LogP contribution is 2.24. The maximum atomic E-state index is 13.1. The first-order chi connectivity index (χ1) is 8.16. The molecule has 1 fully saturated rings. The second-order valence-electron chi connectivity index (χ2n) is 4.74. The summed E-state index contributed by atoms with van der Waals surface area (Å²) in [5.74, 6) is -0.222. The quantitative estimate of drug-likeness (QED) is 0.873. The molecule has 1 aliphatic rings. The molecule has 2 atom stereocenters. The van der Waals surface area contributed by atoms with Crippen LogP contribution in [0.15, 0.2) is 18.2 Å². The number of aliphatic hydroxyl groups is 1. The highest BCUT2D eigenvalue weighted by molar-refractivity contribution is 5.25. The van der Waals surface area contributed by atoms with Gasteiger partial charge in [-0.3, -0.25) is 0 Å². The van der Waals surface area contributed by atoms with Gasteiger partial charge in [-0.05, 0) is 49.8 Å². The Bertz CT molecular complexity index is 372. The molecule has 1 aromatic rings. The average molecular weight is 238 g/mol. The summed E-state index contributed by atoms with van der Waals surface area (Å²) in [7, 11) is 0. The molecule has 2 rings (SSSR count). The van der Waals surface area contributed by atoms with Gasteiger partial charge in [-0.25, -0.2) is 4.39 Å². The maximum absolute atomic E-state index is 13.1. The second kappa shape index (κ2) is 5.61. The van der Waals surface area contributed by atoms with E-state index < -0.39 is 6.10 Å². The van der Waals surface area contributed by atoms with Crippen molar-refractivity contribution in [1.82, 2.24) is 0 Å². The second-order valence-corrected chi connectivity index (χ2v) is 4.74. The van der Waals surface area contributed by atoms with Crippen LogP contribution in [0.4, 0.5) is 4.39 Å². The summed E-state index contributed by atoms with van der Waals surface area (Å²) in [5.41, 5.74) is 1.38. The van der Waals surface area contributed by atoms with Gasteiger partial charge in [0.15, 0.2) is 0 Å². The van der Waals surface area contributed by atoms with Crippen molar-refractivity contribution in [1.29, 1.82) is 0 Å². The maximum Gasteiger partial charge on any atom is 0.126 e. The Kier molecular flexibility index (Phi) is 4.13. The van der Waals surface area contributed by atoms with Crippen LogP contribution < -0.4 is 0 Å². The molecule has 2 nitrogen and oxygen atoms in total. The highest BCUT2D eigenvalue weighted by Gasteiger charge is 2.17. The fourth-order valence-corrected chi connectivity index (χ4v) is 2.26. The van der Waals surface area contributed by atoms with E-state index in [1.54, 1.807) is 19.1 Å². The predicted molar refractivity (Wildman–Crippen MR) is 64.3 cm³/mol. The lowest BCUT2D eigenvalue weighted by atomic mass is 10.0.